The summed E-state index contributed by atoms with van der Waals surface area (Å²) in [7, 11) is 0. The second-order valence-corrected chi connectivity index (χ2v) is 5.97. The van der Waals surface area contributed by atoms with E-state index in [4.69, 9.17) is 5.73 Å². The first-order valence-electron chi connectivity index (χ1n) is 6.82. The van der Waals surface area contributed by atoms with Crippen molar-refractivity contribution in [2.75, 3.05) is 5.75 Å². The highest BCUT2D eigenvalue weighted by molar-refractivity contribution is 7.99. The maximum Gasteiger partial charge on any atom is 0.0694 e. The number of aliphatic hydroxyl groups excluding tert-OH is 1. The number of nitrogens with two attached hydrogens (primary N) is 1. The highest BCUT2D eigenvalue weighted by Crippen LogP contribution is 2.18. The van der Waals surface area contributed by atoms with Gasteiger partial charge in [-0.1, -0.05) is 32.4 Å². The summed E-state index contributed by atoms with van der Waals surface area (Å²) >= 11 is 1.85. The summed E-state index contributed by atoms with van der Waals surface area (Å²) in [4.78, 5) is 1.31. The van der Waals surface area contributed by atoms with Gasteiger partial charge in [-0.05, 0) is 42.7 Å². The Labute approximate surface area is 115 Å². The van der Waals surface area contributed by atoms with E-state index >= 15 is 0 Å². The third-order valence-corrected chi connectivity index (χ3v) is 3.97. The van der Waals surface area contributed by atoms with Gasteiger partial charge in [-0.25, -0.2) is 0 Å². The SMILES string of the molecule is CCCC(N)C(O)CCc1ccc(SCC)cc1. The van der Waals surface area contributed by atoms with Crippen molar-refractivity contribution < 1.29 is 5.11 Å². The van der Waals surface area contributed by atoms with Gasteiger partial charge in [-0.3, -0.25) is 0 Å². The summed E-state index contributed by atoms with van der Waals surface area (Å²) < 4.78 is 0. The lowest BCUT2D eigenvalue weighted by Gasteiger charge is -2.18. The molecule has 0 heterocycles. The summed E-state index contributed by atoms with van der Waals surface area (Å²) in [5, 5.41) is 9.92. The van der Waals surface area contributed by atoms with Crippen LogP contribution in [0.3, 0.4) is 0 Å². The van der Waals surface area contributed by atoms with E-state index in [0.717, 1.165) is 31.4 Å². The van der Waals surface area contributed by atoms with E-state index < -0.39 is 0 Å². The summed E-state index contributed by atoms with van der Waals surface area (Å²) in [5.74, 6) is 1.10. The Bertz CT molecular complexity index is 326. The monoisotopic (exact) mass is 267 g/mol. The molecule has 0 aliphatic carbocycles. The van der Waals surface area contributed by atoms with E-state index in [0.29, 0.717) is 0 Å². The number of hydrogen-bond donors (Lipinski definition) is 2. The Morgan fingerprint density at radius 3 is 2.39 bits per heavy atom. The predicted molar refractivity (Wildman–Crippen MR) is 80.1 cm³/mol. The molecule has 0 saturated heterocycles. The van der Waals surface area contributed by atoms with Crippen molar-refractivity contribution >= 4 is 11.8 Å². The molecule has 0 aliphatic heterocycles. The molecule has 1 aromatic carbocycles. The fourth-order valence-corrected chi connectivity index (χ4v) is 2.64. The van der Waals surface area contributed by atoms with Crippen LogP contribution in [0, 0.1) is 0 Å². The molecule has 2 nitrogen and oxygen atoms in total. The van der Waals surface area contributed by atoms with Gasteiger partial charge in [0.25, 0.3) is 0 Å². The minimum absolute atomic E-state index is 0.0788. The van der Waals surface area contributed by atoms with E-state index in [1.807, 2.05) is 11.8 Å². The van der Waals surface area contributed by atoms with Crippen LogP contribution in [0.15, 0.2) is 29.2 Å². The largest absolute Gasteiger partial charge is 0.392 e. The molecule has 0 aromatic heterocycles. The van der Waals surface area contributed by atoms with Crippen LogP contribution in [0.25, 0.3) is 0 Å². The number of rotatable bonds is 8. The average Bonchev–Trinajstić information content (AvgIpc) is 2.38. The smallest absolute Gasteiger partial charge is 0.0694 e. The van der Waals surface area contributed by atoms with Gasteiger partial charge in [0.15, 0.2) is 0 Å². The zero-order chi connectivity index (χ0) is 13.4. The lowest BCUT2D eigenvalue weighted by molar-refractivity contribution is 0.131. The van der Waals surface area contributed by atoms with Crippen LogP contribution >= 0.6 is 11.8 Å². The third kappa shape index (κ3) is 5.42. The van der Waals surface area contributed by atoms with E-state index in [-0.39, 0.29) is 12.1 Å². The first-order chi connectivity index (χ1) is 8.67. The molecule has 2 atom stereocenters. The van der Waals surface area contributed by atoms with Crippen LogP contribution in [0.1, 0.15) is 38.7 Å². The Morgan fingerprint density at radius 2 is 1.83 bits per heavy atom. The molecule has 3 N–H and O–H groups in total. The fraction of sp³-hybridized carbons (Fsp3) is 0.600. The molecule has 18 heavy (non-hydrogen) atoms. The summed E-state index contributed by atoms with van der Waals surface area (Å²) in [5.41, 5.74) is 7.18. The van der Waals surface area contributed by atoms with Crippen molar-refractivity contribution in [3.05, 3.63) is 29.8 Å². The first kappa shape index (κ1) is 15.5. The predicted octanol–water partition coefficient (Wildman–Crippen LogP) is 3.22. The first-order valence-corrected chi connectivity index (χ1v) is 7.81. The van der Waals surface area contributed by atoms with Crippen LogP contribution in [0.4, 0.5) is 0 Å². The Morgan fingerprint density at radius 1 is 1.17 bits per heavy atom. The number of hydrogen-bond acceptors (Lipinski definition) is 3. The summed E-state index contributed by atoms with van der Waals surface area (Å²) in [6.07, 6.45) is 3.19. The number of aryl methyl sites for hydroxylation is 1. The maximum atomic E-state index is 9.92. The minimum atomic E-state index is -0.380. The van der Waals surface area contributed by atoms with Crippen molar-refractivity contribution in [1.29, 1.82) is 0 Å². The molecule has 102 valence electrons. The lowest BCUT2D eigenvalue weighted by atomic mass is 10.00. The van der Waals surface area contributed by atoms with Gasteiger partial charge in [0.05, 0.1) is 6.10 Å². The molecular formula is C15H25NOS. The van der Waals surface area contributed by atoms with E-state index in [1.165, 1.54) is 10.5 Å². The van der Waals surface area contributed by atoms with Gasteiger partial charge in [0.1, 0.15) is 0 Å². The quantitative estimate of drug-likeness (QED) is 0.711. The fourth-order valence-electron chi connectivity index (χ4n) is 1.97. The van der Waals surface area contributed by atoms with Gasteiger partial charge >= 0.3 is 0 Å². The van der Waals surface area contributed by atoms with Gasteiger partial charge in [0.2, 0.25) is 0 Å². The third-order valence-electron chi connectivity index (χ3n) is 3.08. The van der Waals surface area contributed by atoms with Crippen molar-refractivity contribution in [2.45, 2.75) is 56.6 Å². The Balaban J connectivity index is 2.38. The molecule has 0 amide bonds. The minimum Gasteiger partial charge on any atom is -0.392 e. The van der Waals surface area contributed by atoms with Crippen molar-refractivity contribution in [3.63, 3.8) is 0 Å². The van der Waals surface area contributed by atoms with Crippen molar-refractivity contribution in [2.24, 2.45) is 5.73 Å². The zero-order valence-electron chi connectivity index (χ0n) is 11.4. The van der Waals surface area contributed by atoms with Crippen LogP contribution < -0.4 is 5.73 Å². The topological polar surface area (TPSA) is 46.2 Å². The standard InChI is InChI=1S/C15H25NOS/c1-3-5-14(16)15(17)11-8-12-6-9-13(10-7-12)18-4-2/h6-7,9-10,14-15,17H,3-5,8,11,16H2,1-2H3. The molecule has 2 unspecified atom stereocenters. The highest BCUT2D eigenvalue weighted by Gasteiger charge is 2.13. The van der Waals surface area contributed by atoms with Gasteiger partial charge < -0.3 is 10.8 Å². The summed E-state index contributed by atoms with van der Waals surface area (Å²) in [6.45, 7) is 4.25. The van der Waals surface area contributed by atoms with Crippen molar-refractivity contribution in [3.8, 4) is 0 Å². The van der Waals surface area contributed by atoms with Crippen LogP contribution in [0.5, 0.6) is 0 Å². The van der Waals surface area contributed by atoms with Gasteiger partial charge in [-0.15, -0.1) is 11.8 Å². The maximum absolute atomic E-state index is 9.92. The van der Waals surface area contributed by atoms with Crippen LogP contribution in [-0.2, 0) is 6.42 Å². The van der Waals surface area contributed by atoms with Crippen molar-refractivity contribution in [1.82, 2.24) is 0 Å². The molecule has 0 fully saturated rings. The molecule has 1 rings (SSSR count). The molecule has 3 heteroatoms. The Hall–Kier alpha value is -0.510. The molecule has 0 aliphatic rings. The second kappa shape index (κ2) is 8.57. The van der Waals surface area contributed by atoms with E-state index in [1.54, 1.807) is 0 Å². The normalized spacial score (nSPS) is 14.4. The Kier molecular flexibility index (Phi) is 7.40. The number of thioether (sulfide) groups is 1. The molecule has 0 bridgehead atoms. The van der Waals surface area contributed by atoms with Gasteiger partial charge in [0, 0.05) is 10.9 Å². The van der Waals surface area contributed by atoms with Gasteiger partial charge in [-0.2, -0.15) is 0 Å². The van der Waals surface area contributed by atoms with E-state index in [2.05, 4.69) is 38.1 Å². The van der Waals surface area contributed by atoms with Crippen LogP contribution in [0.2, 0.25) is 0 Å². The highest BCUT2D eigenvalue weighted by atomic mass is 32.2. The molecule has 0 saturated carbocycles. The number of aliphatic hydroxyl groups is 1. The molecule has 0 radical (unpaired) electrons. The second-order valence-electron chi connectivity index (χ2n) is 4.64. The molecule has 0 spiro atoms. The van der Waals surface area contributed by atoms with Crippen LogP contribution in [-0.4, -0.2) is 23.0 Å². The zero-order valence-corrected chi connectivity index (χ0v) is 12.2. The average molecular weight is 267 g/mol. The lowest BCUT2D eigenvalue weighted by Crippen LogP contribution is -2.34. The summed E-state index contributed by atoms with van der Waals surface area (Å²) in [6, 6.07) is 8.53. The van der Waals surface area contributed by atoms with E-state index in [9.17, 15) is 5.11 Å². The molecule has 1 aromatic rings. The molecular weight excluding hydrogens is 242 g/mol. The number of benzene rings is 1.